The predicted molar refractivity (Wildman–Crippen MR) is 110 cm³/mol. The van der Waals surface area contributed by atoms with E-state index in [9.17, 15) is 26.4 Å². The lowest BCUT2D eigenvalue weighted by molar-refractivity contribution is -0.137. The topological polar surface area (TPSA) is 66.9 Å². The molecule has 0 radical (unpaired) electrons. The zero-order valence-corrected chi connectivity index (χ0v) is 18.0. The van der Waals surface area contributed by atoms with Crippen molar-refractivity contribution < 1.29 is 31.1 Å². The fraction of sp³-hybridized carbons (Fsp3) is 0.409. The van der Waals surface area contributed by atoms with E-state index >= 15 is 0 Å². The highest BCUT2D eigenvalue weighted by molar-refractivity contribution is 7.89. The van der Waals surface area contributed by atoms with Crippen LogP contribution in [0.5, 0.6) is 0 Å². The molecule has 6 nitrogen and oxygen atoms in total. The summed E-state index contributed by atoms with van der Waals surface area (Å²) in [6.45, 7) is 1.30. The standard InChI is InChI=1S/C22H23F3N2O4S/c23-22(24,25)18-6-4-16(5-7-18)15-27(19-8-9-19)21(28)17-2-1-3-20(14-17)32(29,30)26-10-12-31-13-11-26/h1-7,14,19H,8-13,15H2. The Bertz CT molecular complexity index is 1080. The van der Waals surface area contributed by atoms with E-state index in [4.69, 9.17) is 4.74 Å². The van der Waals surface area contributed by atoms with Gasteiger partial charge in [0.05, 0.1) is 23.7 Å². The molecule has 2 fully saturated rings. The van der Waals surface area contributed by atoms with Gasteiger partial charge in [0.15, 0.2) is 0 Å². The van der Waals surface area contributed by atoms with Gasteiger partial charge < -0.3 is 9.64 Å². The Kier molecular flexibility index (Phi) is 6.28. The van der Waals surface area contributed by atoms with Crippen molar-refractivity contribution in [2.24, 2.45) is 0 Å². The van der Waals surface area contributed by atoms with E-state index in [2.05, 4.69) is 0 Å². The lowest BCUT2D eigenvalue weighted by Gasteiger charge is -2.26. The Labute approximate surface area is 184 Å². The maximum absolute atomic E-state index is 13.2. The van der Waals surface area contributed by atoms with E-state index in [-0.39, 0.29) is 42.0 Å². The Morgan fingerprint density at radius 3 is 2.31 bits per heavy atom. The van der Waals surface area contributed by atoms with Gasteiger partial charge >= 0.3 is 6.18 Å². The van der Waals surface area contributed by atoms with Crippen molar-refractivity contribution in [3.05, 3.63) is 65.2 Å². The van der Waals surface area contributed by atoms with Crippen molar-refractivity contribution in [3.63, 3.8) is 0 Å². The summed E-state index contributed by atoms with van der Waals surface area (Å²) >= 11 is 0. The number of carbonyl (C=O) groups is 1. The number of carbonyl (C=O) groups excluding carboxylic acids is 1. The Morgan fingerprint density at radius 1 is 1.06 bits per heavy atom. The van der Waals surface area contributed by atoms with E-state index < -0.39 is 21.8 Å². The van der Waals surface area contributed by atoms with Crippen LogP contribution in [0, 0.1) is 0 Å². The molecule has 4 rings (SSSR count). The quantitative estimate of drug-likeness (QED) is 0.651. The summed E-state index contributed by atoms with van der Waals surface area (Å²) in [4.78, 5) is 14.9. The first-order valence-corrected chi connectivity index (χ1v) is 11.8. The van der Waals surface area contributed by atoms with Crippen LogP contribution in [0.1, 0.15) is 34.3 Å². The molecule has 2 aromatic rings. The number of ether oxygens (including phenoxy) is 1. The lowest BCUT2D eigenvalue weighted by Crippen LogP contribution is -2.40. The number of hydrogen-bond acceptors (Lipinski definition) is 4. The molecule has 1 amide bonds. The zero-order chi connectivity index (χ0) is 22.9. The number of morpholine rings is 1. The maximum Gasteiger partial charge on any atom is 0.416 e. The minimum Gasteiger partial charge on any atom is -0.379 e. The number of halogens is 3. The second-order valence-electron chi connectivity index (χ2n) is 7.90. The zero-order valence-electron chi connectivity index (χ0n) is 17.2. The SMILES string of the molecule is O=C(c1cccc(S(=O)(=O)N2CCOCC2)c1)N(Cc1ccc(C(F)(F)F)cc1)C1CC1. The van der Waals surface area contributed by atoms with Crippen LogP contribution in [0.2, 0.25) is 0 Å². The van der Waals surface area contributed by atoms with Gasteiger partial charge in [0.2, 0.25) is 10.0 Å². The largest absolute Gasteiger partial charge is 0.416 e. The first kappa shape index (κ1) is 22.8. The molecule has 172 valence electrons. The third-order valence-corrected chi connectivity index (χ3v) is 7.47. The van der Waals surface area contributed by atoms with Crippen LogP contribution < -0.4 is 0 Å². The van der Waals surface area contributed by atoms with E-state index in [1.165, 1.54) is 34.6 Å². The van der Waals surface area contributed by atoms with Crippen molar-refractivity contribution in [1.82, 2.24) is 9.21 Å². The Morgan fingerprint density at radius 2 is 1.72 bits per heavy atom. The first-order chi connectivity index (χ1) is 15.2. The van der Waals surface area contributed by atoms with Crippen LogP contribution in [-0.2, 0) is 27.5 Å². The average Bonchev–Trinajstić information content (AvgIpc) is 3.63. The van der Waals surface area contributed by atoms with Crippen LogP contribution >= 0.6 is 0 Å². The van der Waals surface area contributed by atoms with Gasteiger partial charge in [-0.15, -0.1) is 0 Å². The molecule has 0 spiro atoms. The lowest BCUT2D eigenvalue weighted by atomic mass is 10.1. The second kappa shape index (κ2) is 8.84. The van der Waals surface area contributed by atoms with Crippen LogP contribution in [0.25, 0.3) is 0 Å². The molecule has 0 bridgehead atoms. The normalized spacial score (nSPS) is 17.8. The highest BCUT2D eigenvalue weighted by Gasteiger charge is 2.35. The van der Waals surface area contributed by atoms with Gasteiger partial charge in [0, 0.05) is 31.2 Å². The van der Waals surface area contributed by atoms with Crippen molar-refractivity contribution in [1.29, 1.82) is 0 Å². The number of hydrogen-bond donors (Lipinski definition) is 0. The third kappa shape index (κ3) is 4.97. The Hall–Kier alpha value is -2.43. The molecule has 1 aliphatic heterocycles. The number of sulfonamides is 1. The summed E-state index contributed by atoms with van der Waals surface area (Å²) in [6.07, 6.45) is -2.81. The van der Waals surface area contributed by atoms with Crippen molar-refractivity contribution in [3.8, 4) is 0 Å². The second-order valence-corrected chi connectivity index (χ2v) is 9.84. The smallest absolute Gasteiger partial charge is 0.379 e. The summed E-state index contributed by atoms with van der Waals surface area (Å²) in [5.41, 5.74) is 0.0695. The van der Waals surface area contributed by atoms with Gasteiger partial charge in [0.1, 0.15) is 0 Å². The molecular formula is C22H23F3N2O4S. The van der Waals surface area contributed by atoms with Gasteiger partial charge in [-0.1, -0.05) is 18.2 Å². The molecule has 0 atom stereocenters. The highest BCUT2D eigenvalue weighted by Crippen LogP contribution is 2.32. The number of amides is 1. The monoisotopic (exact) mass is 468 g/mol. The molecule has 2 aliphatic rings. The molecule has 10 heteroatoms. The molecule has 0 aromatic heterocycles. The maximum atomic E-state index is 13.2. The Balaban J connectivity index is 1.55. The van der Waals surface area contributed by atoms with Crippen LogP contribution in [0.4, 0.5) is 13.2 Å². The molecule has 0 N–H and O–H groups in total. The average molecular weight is 468 g/mol. The third-order valence-electron chi connectivity index (χ3n) is 5.57. The molecule has 32 heavy (non-hydrogen) atoms. The molecule has 1 heterocycles. The number of nitrogens with zero attached hydrogens (tertiary/aromatic N) is 2. The van der Waals surface area contributed by atoms with Crippen molar-refractivity contribution >= 4 is 15.9 Å². The van der Waals surface area contributed by atoms with Gasteiger partial charge in [-0.3, -0.25) is 4.79 Å². The first-order valence-electron chi connectivity index (χ1n) is 10.3. The van der Waals surface area contributed by atoms with E-state index in [0.29, 0.717) is 18.8 Å². The molecular weight excluding hydrogens is 445 g/mol. The van der Waals surface area contributed by atoms with E-state index in [1.54, 1.807) is 11.0 Å². The van der Waals surface area contributed by atoms with E-state index in [1.807, 2.05) is 0 Å². The van der Waals surface area contributed by atoms with Crippen molar-refractivity contribution in [2.45, 2.75) is 36.5 Å². The summed E-state index contributed by atoms with van der Waals surface area (Å²) < 4.78 is 70.9. The summed E-state index contributed by atoms with van der Waals surface area (Å²) in [5, 5.41) is 0. The summed E-state index contributed by atoms with van der Waals surface area (Å²) in [7, 11) is -3.75. The fourth-order valence-corrected chi connectivity index (χ4v) is 5.09. The summed E-state index contributed by atoms with van der Waals surface area (Å²) in [5.74, 6) is -0.341. The van der Waals surface area contributed by atoms with Gasteiger partial charge in [0.25, 0.3) is 5.91 Å². The van der Waals surface area contributed by atoms with Crippen LogP contribution in [-0.4, -0.2) is 55.9 Å². The minimum atomic E-state index is -4.42. The molecule has 1 aliphatic carbocycles. The van der Waals surface area contributed by atoms with Gasteiger partial charge in [-0.05, 0) is 48.7 Å². The highest BCUT2D eigenvalue weighted by atomic mass is 32.2. The van der Waals surface area contributed by atoms with E-state index in [0.717, 1.165) is 25.0 Å². The number of rotatable bonds is 6. The molecule has 2 aromatic carbocycles. The molecule has 0 unspecified atom stereocenters. The van der Waals surface area contributed by atoms with Crippen molar-refractivity contribution in [2.75, 3.05) is 26.3 Å². The number of benzene rings is 2. The van der Waals surface area contributed by atoms with Gasteiger partial charge in [-0.25, -0.2) is 8.42 Å². The van der Waals surface area contributed by atoms with Gasteiger partial charge in [-0.2, -0.15) is 17.5 Å². The molecule has 1 saturated carbocycles. The predicted octanol–water partition coefficient (Wildman–Crippen LogP) is 3.53. The minimum absolute atomic E-state index is 0.00991. The van der Waals surface area contributed by atoms with Crippen LogP contribution in [0.15, 0.2) is 53.4 Å². The molecule has 1 saturated heterocycles. The number of alkyl halides is 3. The fourth-order valence-electron chi connectivity index (χ4n) is 3.64. The van der Waals surface area contributed by atoms with Crippen LogP contribution in [0.3, 0.4) is 0 Å². The summed E-state index contributed by atoms with van der Waals surface area (Å²) in [6, 6.07) is 10.6.